The van der Waals surface area contributed by atoms with E-state index in [-0.39, 0.29) is 17.8 Å². The average molecular weight is 500 g/mol. The quantitative estimate of drug-likeness (QED) is 0.464. The van der Waals surface area contributed by atoms with Crippen LogP contribution < -0.4 is 4.74 Å². The normalized spacial score (nSPS) is 17.2. The first-order valence-electron chi connectivity index (χ1n) is 12.8. The minimum atomic E-state index is -0.528. The van der Waals surface area contributed by atoms with Gasteiger partial charge in [0.2, 0.25) is 0 Å². The van der Waals surface area contributed by atoms with E-state index in [0.29, 0.717) is 29.8 Å². The number of benzene rings is 2. The lowest BCUT2D eigenvalue weighted by atomic mass is 9.70. The lowest BCUT2D eigenvalue weighted by molar-refractivity contribution is 0.0204. The maximum absolute atomic E-state index is 13.9. The Hall–Kier alpha value is -3.79. The van der Waals surface area contributed by atoms with E-state index in [4.69, 9.17) is 9.47 Å². The molecule has 2 aromatic carbocycles. The number of hydrogen-bond acceptors (Lipinski definition) is 5. The third-order valence-electron chi connectivity index (χ3n) is 7.65. The van der Waals surface area contributed by atoms with Crippen molar-refractivity contribution in [1.82, 2.24) is 9.88 Å². The molecule has 1 fully saturated rings. The highest BCUT2D eigenvalue weighted by molar-refractivity contribution is 6.20. The Kier molecular flexibility index (Phi) is 5.82. The Labute approximate surface area is 217 Å². The van der Waals surface area contributed by atoms with Crippen molar-refractivity contribution in [1.29, 1.82) is 5.26 Å². The smallest absolute Gasteiger partial charge is 0.410 e. The first kappa shape index (κ1) is 24.9. The van der Waals surface area contributed by atoms with Gasteiger partial charge in [-0.15, -0.1) is 0 Å². The van der Waals surface area contributed by atoms with Gasteiger partial charge >= 0.3 is 6.09 Å². The number of nitrogens with zero attached hydrogens (tertiary/aromatic N) is 2. The lowest BCUT2D eigenvalue weighted by Crippen LogP contribution is -2.41. The van der Waals surface area contributed by atoms with E-state index in [0.717, 1.165) is 46.3 Å². The summed E-state index contributed by atoms with van der Waals surface area (Å²) < 4.78 is 11.4. The van der Waals surface area contributed by atoms with Gasteiger partial charge in [0.15, 0.2) is 5.78 Å². The molecule has 0 atom stereocenters. The maximum Gasteiger partial charge on any atom is 0.410 e. The molecule has 1 N–H and O–H groups in total. The number of ether oxygens (including phenoxy) is 2. The molecule has 7 heteroatoms. The van der Waals surface area contributed by atoms with E-state index >= 15 is 0 Å². The number of carbonyl (C=O) groups is 2. The fourth-order valence-corrected chi connectivity index (χ4v) is 5.74. The van der Waals surface area contributed by atoms with Crippen LogP contribution in [0.15, 0.2) is 30.3 Å². The summed E-state index contributed by atoms with van der Waals surface area (Å²) in [6.45, 7) is 11.0. The van der Waals surface area contributed by atoms with Gasteiger partial charge in [-0.2, -0.15) is 5.26 Å². The van der Waals surface area contributed by atoms with Crippen LogP contribution in [0.1, 0.15) is 91.7 Å². The highest BCUT2D eigenvalue weighted by atomic mass is 16.6. The number of rotatable bonds is 2. The van der Waals surface area contributed by atoms with Crippen LogP contribution in [0.3, 0.4) is 0 Å². The van der Waals surface area contributed by atoms with Gasteiger partial charge in [0.25, 0.3) is 0 Å². The van der Waals surface area contributed by atoms with Gasteiger partial charge in [0, 0.05) is 40.7 Å². The molecule has 0 saturated carbocycles. The number of piperidine rings is 1. The highest BCUT2D eigenvalue weighted by Crippen LogP contribution is 2.47. The van der Waals surface area contributed by atoms with Gasteiger partial charge in [-0.3, -0.25) is 4.79 Å². The summed E-state index contributed by atoms with van der Waals surface area (Å²) >= 11 is 0. The summed E-state index contributed by atoms with van der Waals surface area (Å²) in [6, 6.07) is 11.6. The van der Waals surface area contributed by atoms with Crippen LogP contribution in [-0.4, -0.2) is 47.6 Å². The van der Waals surface area contributed by atoms with Gasteiger partial charge in [-0.05, 0) is 74.9 Å². The van der Waals surface area contributed by atoms with Crippen molar-refractivity contribution in [3.8, 4) is 11.8 Å². The number of nitrogens with one attached hydrogen (secondary N) is 1. The summed E-state index contributed by atoms with van der Waals surface area (Å²) in [5.74, 6) is 0.912. The van der Waals surface area contributed by atoms with Gasteiger partial charge < -0.3 is 19.4 Å². The van der Waals surface area contributed by atoms with Crippen molar-refractivity contribution in [2.75, 3.05) is 20.2 Å². The molecule has 3 aromatic rings. The average Bonchev–Trinajstić information content (AvgIpc) is 3.26. The van der Waals surface area contributed by atoms with Crippen molar-refractivity contribution in [3.63, 3.8) is 0 Å². The van der Waals surface area contributed by atoms with Crippen molar-refractivity contribution >= 4 is 22.8 Å². The molecule has 0 bridgehead atoms. The molecule has 1 saturated heterocycles. The van der Waals surface area contributed by atoms with Crippen molar-refractivity contribution in [3.05, 3.63) is 63.8 Å². The molecule has 2 aliphatic rings. The number of H-pyrrole nitrogens is 1. The van der Waals surface area contributed by atoms with Crippen molar-refractivity contribution in [2.45, 2.75) is 64.4 Å². The molecular formula is C30H33N3O4. The van der Waals surface area contributed by atoms with Gasteiger partial charge in [-0.1, -0.05) is 19.9 Å². The molecule has 5 rings (SSSR count). The van der Waals surface area contributed by atoms with Crippen LogP contribution in [0.5, 0.6) is 5.75 Å². The van der Waals surface area contributed by atoms with Crippen LogP contribution in [0.2, 0.25) is 0 Å². The minimum absolute atomic E-state index is 0.0182. The second kappa shape index (κ2) is 8.65. The van der Waals surface area contributed by atoms with Crippen LogP contribution in [0, 0.1) is 11.3 Å². The monoisotopic (exact) mass is 499 g/mol. The number of likely N-dealkylation sites (tertiary alicyclic amines) is 1. The molecule has 1 aliphatic carbocycles. The van der Waals surface area contributed by atoms with Crippen LogP contribution in [0.25, 0.3) is 10.9 Å². The zero-order valence-electron chi connectivity index (χ0n) is 22.3. The molecule has 1 aromatic heterocycles. The predicted octanol–water partition coefficient (Wildman–Crippen LogP) is 6.03. The Morgan fingerprint density at radius 3 is 2.49 bits per heavy atom. The number of ketones is 1. The summed E-state index contributed by atoms with van der Waals surface area (Å²) in [5.41, 5.74) is 4.50. The van der Waals surface area contributed by atoms with Crippen molar-refractivity contribution < 1.29 is 19.1 Å². The molecule has 37 heavy (non-hydrogen) atoms. The number of carbonyl (C=O) groups excluding carboxylic acids is 2. The largest absolute Gasteiger partial charge is 0.496 e. The zero-order chi connectivity index (χ0) is 26.7. The van der Waals surface area contributed by atoms with Crippen LogP contribution in [0.4, 0.5) is 4.79 Å². The first-order valence-corrected chi connectivity index (χ1v) is 12.8. The SMILES string of the molecule is COc1cc2c(cc1C1CCN(C(=O)OC(C)(C)C)CC1)C(=O)c1c([nH]c3cc(C#N)ccc13)C2(C)C. The number of fused-ring (bicyclic) bond motifs is 4. The van der Waals surface area contributed by atoms with Crippen LogP contribution in [-0.2, 0) is 10.2 Å². The second-order valence-corrected chi connectivity index (χ2v) is 11.6. The standard InChI is InChI=1S/C30H33N3O4/c1-29(2,3)37-28(35)33-11-9-18(10-12-33)20-14-21-22(15-24(20)36-6)30(4,5)27-25(26(21)34)19-8-7-17(16-31)13-23(19)32-27/h7-8,13-15,18,32H,9-12H2,1-6H3. The number of hydrogen-bond donors (Lipinski definition) is 1. The van der Waals surface area contributed by atoms with Gasteiger partial charge in [0.1, 0.15) is 11.4 Å². The maximum atomic E-state index is 13.9. The molecule has 1 amide bonds. The predicted molar refractivity (Wildman–Crippen MR) is 141 cm³/mol. The van der Waals surface area contributed by atoms with Crippen molar-refractivity contribution in [2.24, 2.45) is 0 Å². The molecule has 2 heterocycles. The zero-order valence-corrected chi connectivity index (χ0v) is 22.3. The molecule has 0 radical (unpaired) electrons. The Morgan fingerprint density at radius 1 is 1.16 bits per heavy atom. The summed E-state index contributed by atoms with van der Waals surface area (Å²) in [7, 11) is 1.66. The van der Waals surface area contributed by atoms with E-state index in [2.05, 4.69) is 24.9 Å². The molecule has 0 spiro atoms. The van der Waals surface area contributed by atoms with E-state index < -0.39 is 11.0 Å². The molecule has 1 aliphatic heterocycles. The van der Waals surface area contributed by atoms with E-state index in [1.54, 1.807) is 24.1 Å². The van der Waals surface area contributed by atoms with E-state index in [1.165, 1.54) is 0 Å². The summed E-state index contributed by atoms with van der Waals surface area (Å²) in [5, 5.41) is 10.2. The third kappa shape index (κ3) is 4.15. The molecule has 7 nitrogen and oxygen atoms in total. The first-order chi connectivity index (χ1) is 17.4. The highest BCUT2D eigenvalue weighted by Gasteiger charge is 2.41. The fourth-order valence-electron chi connectivity index (χ4n) is 5.74. The number of nitriles is 1. The Morgan fingerprint density at radius 2 is 1.86 bits per heavy atom. The van der Waals surface area contributed by atoms with E-state index in [9.17, 15) is 14.9 Å². The third-order valence-corrected chi connectivity index (χ3v) is 7.65. The molecular weight excluding hydrogens is 466 g/mol. The Bertz CT molecular complexity index is 1460. The molecule has 0 unspecified atom stereocenters. The number of methoxy groups -OCH3 is 1. The Balaban J connectivity index is 1.51. The second-order valence-electron chi connectivity index (χ2n) is 11.6. The molecule has 192 valence electrons. The van der Waals surface area contributed by atoms with Crippen LogP contribution >= 0.6 is 0 Å². The lowest BCUT2D eigenvalue weighted by Gasteiger charge is -2.36. The van der Waals surface area contributed by atoms with Gasteiger partial charge in [0.05, 0.1) is 24.3 Å². The fraction of sp³-hybridized carbons (Fsp3) is 0.433. The van der Waals surface area contributed by atoms with Gasteiger partial charge in [-0.25, -0.2) is 4.79 Å². The summed E-state index contributed by atoms with van der Waals surface area (Å²) in [6.07, 6.45) is 1.24. The minimum Gasteiger partial charge on any atom is -0.496 e. The summed E-state index contributed by atoms with van der Waals surface area (Å²) in [4.78, 5) is 31.7. The number of aromatic nitrogens is 1. The number of amides is 1. The number of aromatic amines is 1. The topological polar surface area (TPSA) is 95.4 Å². The van der Waals surface area contributed by atoms with E-state index in [1.807, 2.05) is 39.0 Å².